The molecule has 0 unspecified atom stereocenters. The van der Waals surface area contributed by atoms with Crippen LogP contribution in [0.4, 0.5) is 5.13 Å². The molecule has 3 aromatic rings. The van der Waals surface area contributed by atoms with Crippen LogP contribution in [0.2, 0.25) is 5.02 Å². The second-order valence-electron chi connectivity index (χ2n) is 3.60. The summed E-state index contributed by atoms with van der Waals surface area (Å²) < 4.78 is 0.995. The van der Waals surface area contributed by atoms with Gasteiger partial charge in [-0.3, -0.25) is 0 Å². The van der Waals surface area contributed by atoms with Gasteiger partial charge >= 0.3 is 0 Å². The molecule has 0 atom stereocenters. The van der Waals surface area contributed by atoms with E-state index in [-0.39, 0.29) is 0 Å². The van der Waals surface area contributed by atoms with Crippen molar-refractivity contribution in [3.05, 3.63) is 41.6 Å². The topological polar surface area (TPSA) is 51.8 Å². The van der Waals surface area contributed by atoms with Crippen molar-refractivity contribution in [2.45, 2.75) is 0 Å². The Bertz CT molecular complexity index is 676. The average molecular weight is 262 g/mol. The van der Waals surface area contributed by atoms with Gasteiger partial charge in [0.05, 0.1) is 4.70 Å². The lowest BCUT2D eigenvalue weighted by atomic mass is 10.1. The van der Waals surface area contributed by atoms with Gasteiger partial charge in [0.25, 0.3) is 0 Å². The predicted molar refractivity (Wildman–Crippen MR) is 72.3 cm³/mol. The lowest BCUT2D eigenvalue weighted by Crippen LogP contribution is -1.82. The Labute approximate surface area is 107 Å². The Balaban J connectivity index is 2.13. The molecular formula is C12H8ClN3S. The van der Waals surface area contributed by atoms with Gasteiger partial charge in [-0.25, -0.2) is 9.97 Å². The molecule has 0 radical (unpaired) electrons. The third kappa shape index (κ3) is 1.97. The Hall–Kier alpha value is -1.65. The average Bonchev–Trinajstić information content (AvgIpc) is 2.69. The molecule has 2 aromatic heterocycles. The number of thiazole rings is 1. The van der Waals surface area contributed by atoms with E-state index in [4.69, 9.17) is 17.3 Å². The molecule has 0 bridgehead atoms. The number of anilines is 1. The van der Waals surface area contributed by atoms with Crippen LogP contribution >= 0.6 is 22.9 Å². The van der Waals surface area contributed by atoms with Gasteiger partial charge in [-0.05, 0) is 23.8 Å². The van der Waals surface area contributed by atoms with E-state index >= 15 is 0 Å². The summed E-state index contributed by atoms with van der Waals surface area (Å²) in [6.45, 7) is 0. The fourth-order valence-corrected chi connectivity index (χ4v) is 2.50. The first-order valence-electron chi connectivity index (χ1n) is 5.00. The Morgan fingerprint density at radius 3 is 2.65 bits per heavy atom. The predicted octanol–water partition coefficient (Wildman–Crippen LogP) is 3.59. The zero-order chi connectivity index (χ0) is 11.8. The minimum Gasteiger partial charge on any atom is -0.375 e. The molecule has 0 saturated carbocycles. The van der Waals surface area contributed by atoms with E-state index in [2.05, 4.69) is 9.97 Å². The Morgan fingerprint density at radius 2 is 1.88 bits per heavy atom. The molecule has 0 aliphatic heterocycles. The molecule has 2 heterocycles. The molecule has 84 valence electrons. The monoisotopic (exact) mass is 261 g/mol. The number of halogens is 1. The molecule has 0 aliphatic rings. The first-order valence-corrected chi connectivity index (χ1v) is 6.20. The number of nitrogens with two attached hydrogens (primary N) is 1. The third-order valence-corrected chi connectivity index (χ3v) is 3.51. The maximum absolute atomic E-state index is 5.86. The van der Waals surface area contributed by atoms with Crippen molar-refractivity contribution >= 4 is 38.4 Å². The fourth-order valence-electron chi connectivity index (χ4n) is 1.64. The number of aromatic nitrogens is 2. The van der Waals surface area contributed by atoms with Gasteiger partial charge in [-0.1, -0.05) is 35.1 Å². The van der Waals surface area contributed by atoms with Crippen LogP contribution < -0.4 is 5.73 Å². The van der Waals surface area contributed by atoms with E-state index in [1.54, 1.807) is 6.20 Å². The summed E-state index contributed by atoms with van der Waals surface area (Å²) in [6, 6.07) is 9.70. The van der Waals surface area contributed by atoms with Gasteiger partial charge in [0, 0.05) is 16.8 Å². The Kier molecular flexibility index (Phi) is 2.46. The maximum atomic E-state index is 5.86. The standard InChI is InChI=1S/C12H8ClN3S/c13-9-3-1-7(2-4-9)8-5-10-11(15-6-8)16-12(14)17-10/h1-6H,(H2,14,15,16). The SMILES string of the molecule is Nc1nc2ncc(-c3ccc(Cl)cc3)cc2s1. The highest BCUT2D eigenvalue weighted by Crippen LogP contribution is 2.27. The quantitative estimate of drug-likeness (QED) is 0.728. The highest BCUT2D eigenvalue weighted by Gasteiger charge is 2.05. The van der Waals surface area contributed by atoms with E-state index in [0.717, 1.165) is 20.8 Å². The summed E-state index contributed by atoms with van der Waals surface area (Å²) in [5, 5.41) is 1.27. The molecule has 5 heteroatoms. The van der Waals surface area contributed by atoms with E-state index in [1.807, 2.05) is 30.3 Å². The van der Waals surface area contributed by atoms with E-state index in [0.29, 0.717) is 10.8 Å². The van der Waals surface area contributed by atoms with Crippen molar-refractivity contribution in [3.63, 3.8) is 0 Å². The van der Waals surface area contributed by atoms with Crippen LogP contribution in [0.3, 0.4) is 0 Å². The third-order valence-electron chi connectivity index (χ3n) is 2.44. The normalized spacial score (nSPS) is 10.9. The first-order chi connectivity index (χ1) is 8.22. The molecule has 0 fully saturated rings. The summed E-state index contributed by atoms with van der Waals surface area (Å²) in [5.74, 6) is 0. The van der Waals surface area contributed by atoms with Gasteiger partial charge in [0.1, 0.15) is 0 Å². The number of nitrogens with zero attached hydrogens (tertiary/aromatic N) is 2. The fraction of sp³-hybridized carbons (Fsp3) is 0. The van der Waals surface area contributed by atoms with Gasteiger partial charge in [0.2, 0.25) is 0 Å². The second-order valence-corrected chi connectivity index (χ2v) is 5.10. The summed E-state index contributed by atoms with van der Waals surface area (Å²) >= 11 is 7.30. The Morgan fingerprint density at radius 1 is 1.12 bits per heavy atom. The van der Waals surface area contributed by atoms with E-state index in [9.17, 15) is 0 Å². The van der Waals surface area contributed by atoms with Crippen LogP contribution in [0.15, 0.2) is 36.5 Å². The van der Waals surface area contributed by atoms with Crippen LogP contribution in [0.1, 0.15) is 0 Å². The van der Waals surface area contributed by atoms with Crippen molar-refractivity contribution in [3.8, 4) is 11.1 Å². The van der Waals surface area contributed by atoms with Crippen LogP contribution in [0, 0.1) is 0 Å². The summed E-state index contributed by atoms with van der Waals surface area (Å²) in [4.78, 5) is 8.41. The summed E-state index contributed by atoms with van der Waals surface area (Å²) in [7, 11) is 0. The second kappa shape index (κ2) is 3.98. The lowest BCUT2D eigenvalue weighted by molar-refractivity contribution is 1.33. The highest BCUT2D eigenvalue weighted by atomic mass is 35.5. The van der Waals surface area contributed by atoms with Crippen LogP contribution in [0.5, 0.6) is 0 Å². The number of fused-ring (bicyclic) bond motifs is 1. The molecule has 3 nitrogen and oxygen atoms in total. The number of nitrogen functional groups attached to an aromatic ring is 1. The van der Waals surface area contributed by atoms with Crippen molar-refractivity contribution < 1.29 is 0 Å². The number of pyridine rings is 1. The van der Waals surface area contributed by atoms with Crippen LogP contribution in [0.25, 0.3) is 21.5 Å². The smallest absolute Gasteiger partial charge is 0.182 e. The molecule has 0 saturated heterocycles. The molecule has 17 heavy (non-hydrogen) atoms. The number of hydrogen-bond acceptors (Lipinski definition) is 4. The summed E-state index contributed by atoms with van der Waals surface area (Å²) in [5.41, 5.74) is 8.47. The number of hydrogen-bond donors (Lipinski definition) is 1. The van der Waals surface area contributed by atoms with Gasteiger partial charge in [-0.15, -0.1) is 0 Å². The summed E-state index contributed by atoms with van der Waals surface area (Å²) in [6.07, 6.45) is 1.80. The van der Waals surface area contributed by atoms with Crippen molar-refractivity contribution in [1.29, 1.82) is 0 Å². The molecule has 3 rings (SSSR count). The minimum atomic E-state index is 0.542. The van der Waals surface area contributed by atoms with Crippen molar-refractivity contribution in [2.75, 3.05) is 5.73 Å². The molecule has 0 aliphatic carbocycles. The van der Waals surface area contributed by atoms with Gasteiger partial charge in [-0.2, -0.15) is 0 Å². The lowest BCUT2D eigenvalue weighted by Gasteiger charge is -2.00. The molecule has 2 N–H and O–H groups in total. The van der Waals surface area contributed by atoms with Crippen LogP contribution in [-0.4, -0.2) is 9.97 Å². The zero-order valence-corrected chi connectivity index (χ0v) is 10.3. The molecule has 0 spiro atoms. The van der Waals surface area contributed by atoms with Gasteiger partial charge < -0.3 is 5.73 Å². The molecular weight excluding hydrogens is 254 g/mol. The van der Waals surface area contributed by atoms with Gasteiger partial charge in [0.15, 0.2) is 10.8 Å². The minimum absolute atomic E-state index is 0.542. The first kappa shape index (κ1) is 10.5. The molecule has 1 aromatic carbocycles. The largest absolute Gasteiger partial charge is 0.375 e. The van der Waals surface area contributed by atoms with E-state index < -0.39 is 0 Å². The number of benzene rings is 1. The number of rotatable bonds is 1. The molecule has 0 amide bonds. The van der Waals surface area contributed by atoms with Crippen LogP contribution in [-0.2, 0) is 0 Å². The van der Waals surface area contributed by atoms with E-state index in [1.165, 1.54) is 11.3 Å². The zero-order valence-electron chi connectivity index (χ0n) is 8.72. The highest BCUT2D eigenvalue weighted by molar-refractivity contribution is 7.22. The van der Waals surface area contributed by atoms with Crippen molar-refractivity contribution in [2.24, 2.45) is 0 Å². The van der Waals surface area contributed by atoms with Crippen molar-refractivity contribution in [1.82, 2.24) is 9.97 Å². The maximum Gasteiger partial charge on any atom is 0.182 e.